The van der Waals surface area contributed by atoms with E-state index in [-0.39, 0.29) is 17.2 Å². The summed E-state index contributed by atoms with van der Waals surface area (Å²) < 4.78 is 12.3. The second kappa shape index (κ2) is 14.2. The summed E-state index contributed by atoms with van der Waals surface area (Å²) in [5, 5.41) is 10.4. The summed E-state index contributed by atoms with van der Waals surface area (Å²) >= 11 is 0. The number of carbonyl (C=O) groups excluding carboxylic acids is 1. The molecule has 0 unspecified atom stereocenters. The largest absolute Gasteiger partial charge is 0.465 e. The predicted molar refractivity (Wildman–Crippen MR) is 167 cm³/mol. The summed E-state index contributed by atoms with van der Waals surface area (Å²) in [6.07, 6.45) is 3.98. The summed E-state index contributed by atoms with van der Waals surface area (Å²) in [7, 11) is -2.79. The Morgan fingerprint density at radius 2 is 1.45 bits per heavy atom. The number of ether oxygens (including phenoxy) is 1. The number of amides is 2. The number of carbonyl (C=O) groups is 2. The van der Waals surface area contributed by atoms with Crippen LogP contribution in [0, 0.1) is 5.92 Å². The third-order valence-corrected chi connectivity index (χ3v) is 16.3. The van der Waals surface area contributed by atoms with Gasteiger partial charge in [0.05, 0.1) is 12.6 Å². The number of hydrogen-bond donors (Lipinski definition) is 1. The Morgan fingerprint density at radius 3 is 1.89 bits per heavy atom. The van der Waals surface area contributed by atoms with Crippen molar-refractivity contribution in [3.63, 3.8) is 0 Å². The van der Waals surface area contributed by atoms with Crippen molar-refractivity contribution in [3.8, 4) is 0 Å². The van der Waals surface area contributed by atoms with Gasteiger partial charge in [0.15, 0.2) is 8.32 Å². The van der Waals surface area contributed by atoms with Crippen molar-refractivity contribution < 1.29 is 23.9 Å². The van der Waals surface area contributed by atoms with Crippen LogP contribution in [0.5, 0.6) is 0 Å². The van der Waals surface area contributed by atoms with Crippen LogP contribution in [-0.4, -0.2) is 90.4 Å². The molecule has 1 aliphatic rings. The van der Waals surface area contributed by atoms with Gasteiger partial charge in [0.2, 0.25) is 0 Å². The molecular formula is C28H60N2O5Si3. The second-order valence-corrected chi connectivity index (χ2v) is 31.5. The molecule has 0 bridgehead atoms. The normalized spacial score (nSPS) is 20.1. The highest BCUT2D eigenvalue weighted by Crippen LogP contribution is 2.40. The third kappa shape index (κ3) is 13.0. The molecule has 10 heteroatoms. The van der Waals surface area contributed by atoms with Crippen LogP contribution in [0.2, 0.25) is 69.5 Å². The highest BCUT2D eigenvalue weighted by atomic mass is 28.4. The van der Waals surface area contributed by atoms with E-state index in [4.69, 9.17) is 9.16 Å². The molecule has 0 spiro atoms. The average molecular weight is 589 g/mol. The lowest BCUT2D eigenvalue weighted by Crippen LogP contribution is -2.49. The molecule has 1 fully saturated rings. The third-order valence-electron chi connectivity index (χ3n) is 8.33. The minimum absolute atomic E-state index is 0.196. The van der Waals surface area contributed by atoms with E-state index in [9.17, 15) is 14.7 Å². The van der Waals surface area contributed by atoms with E-state index in [0.717, 1.165) is 44.2 Å². The van der Waals surface area contributed by atoms with Crippen LogP contribution in [0.4, 0.5) is 9.59 Å². The SMILES string of the molecule is CN(C[C@H](CC1CCC(O[Si](C)(C)C(C)(C)C)CC1)N(CC[Si](C)(C)C)C(=O)O)C(=O)OCC[Si](C)(C)C. The molecule has 0 heterocycles. The van der Waals surface area contributed by atoms with Crippen molar-refractivity contribution >= 4 is 36.7 Å². The Hall–Kier alpha value is -0.849. The number of rotatable bonds is 13. The maximum atomic E-state index is 12.8. The summed E-state index contributed by atoms with van der Waals surface area (Å²) in [6, 6.07) is 1.60. The summed E-state index contributed by atoms with van der Waals surface area (Å²) in [5.74, 6) is 0.435. The van der Waals surface area contributed by atoms with Gasteiger partial charge >= 0.3 is 12.2 Å². The minimum Gasteiger partial charge on any atom is -0.465 e. The first-order valence-electron chi connectivity index (χ1n) is 14.7. The average Bonchev–Trinajstić information content (AvgIpc) is 2.72. The quantitative estimate of drug-likeness (QED) is 0.220. The molecule has 0 radical (unpaired) electrons. The minimum atomic E-state index is -1.80. The van der Waals surface area contributed by atoms with Crippen molar-refractivity contribution in [2.24, 2.45) is 5.92 Å². The van der Waals surface area contributed by atoms with Gasteiger partial charge in [0.25, 0.3) is 0 Å². The molecule has 0 saturated heterocycles. The van der Waals surface area contributed by atoms with Crippen LogP contribution < -0.4 is 0 Å². The Labute approximate surface area is 237 Å². The summed E-state index contributed by atoms with van der Waals surface area (Å²) in [6.45, 7) is 26.4. The molecule has 1 N–H and O–H groups in total. The Morgan fingerprint density at radius 1 is 0.921 bits per heavy atom. The lowest BCUT2D eigenvalue weighted by Gasteiger charge is -2.42. The first kappa shape index (κ1) is 35.2. The lowest BCUT2D eigenvalue weighted by molar-refractivity contribution is 0.0727. The summed E-state index contributed by atoms with van der Waals surface area (Å²) in [4.78, 5) is 28.4. The number of nitrogens with zero attached hydrogens (tertiary/aromatic N) is 2. The first-order valence-corrected chi connectivity index (χ1v) is 25.0. The van der Waals surface area contributed by atoms with E-state index in [1.807, 2.05) is 0 Å². The molecule has 1 rings (SSSR count). The molecule has 1 aliphatic carbocycles. The predicted octanol–water partition coefficient (Wildman–Crippen LogP) is 8.05. The van der Waals surface area contributed by atoms with Crippen molar-refractivity contribution in [3.05, 3.63) is 0 Å². The zero-order chi connectivity index (χ0) is 29.5. The van der Waals surface area contributed by atoms with Crippen molar-refractivity contribution in [2.45, 2.75) is 135 Å². The maximum Gasteiger partial charge on any atom is 0.409 e. The maximum absolute atomic E-state index is 12.8. The van der Waals surface area contributed by atoms with Gasteiger partial charge in [-0.05, 0) is 68.2 Å². The molecular weight excluding hydrogens is 529 g/mol. The standard InChI is InChI=1S/C28H60N2O5Si3/c1-28(2,3)38(11,12)35-25-15-13-23(14-16-25)21-24(30(26(31)32)17-19-36(5,6)7)22-29(4)27(33)34-18-20-37(8,9)10/h23-25H,13-22H2,1-12H3,(H,31,32)/t23?,24-,25?/m0/s1. The zero-order valence-electron chi connectivity index (χ0n) is 26.8. The molecule has 0 aromatic rings. The van der Waals surface area contributed by atoms with Crippen molar-refractivity contribution in [2.75, 3.05) is 26.7 Å². The van der Waals surface area contributed by atoms with Crippen LogP contribution in [0.3, 0.4) is 0 Å². The lowest BCUT2D eigenvalue weighted by atomic mass is 9.83. The van der Waals surface area contributed by atoms with E-state index < -0.39 is 30.6 Å². The van der Waals surface area contributed by atoms with Crippen molar-refractivity contribution in [1.82, 2.24) is 9.80 Å². The molecule has 2 amide bonds. The fourth-order valence-corrected chi connectivity index (χ4v) is 7.65. The molecule has 224 valence electrons. The number of likely N-dealkylation sites (N-methyl/N-ethyl adjacent to an activating group) is 1. The second-order valence-electron chi connectivity index (χ2n) is 15.5. The highest BCUT2D eigenvalue weighted by Gasteiger charge is 2.40. The van der Waals surface area contributed by atoms with Gasteiger partial charge in [-0.25, -0.2) is 9.59 Å². The topological polar surface area (TPSA) is 79.3 Å². The van der Waals surface area contributed by atoms with Gasteiger partial charge in [-0.15, -0.1) is 0 Å². The van der Waals surface area contributed by atoms with Crippen molar-refractivity contribution in [1.29, 1.82) is 0 Å². The molecule has 1 atom stereocenters. The van der Waals surface area contributed by atoms with Gasteiger partial charge in [-0.2, -0.15) is 0 Å². The molecule has 0 aromatic heterocycles. The molecule has 38 heavy (non-hydrogen) atoms. The molecule has 0 aromatic carbocycles. The van der Waals surface area contributed by atoms with Crippen LogP contribution >= 0.6 is 0 Å². The Balaban J connectivity index is 2.91. The van der Waals surface area contributed by atoms with E-state index in [0.29, 0.717) is 31.7 Å². The van der Waals surface area contributed by atoms with E-state index in [1.165, 1.54) is 0 Å². The van der Waals surface area contributed by atoms with Gasteiger partial charge in [0, 0.05) is 42.4 Å². The number of carboxylic acid groups (broad SMARTS) is 1. The van der Waals surface area contributed by atoms with E-state index >= 15 is 0 Å². The molecule has 0 aliphatic heterocycles. The van der Waals surface area contributed by atoms with Gasteiger partial charge in [0.1, 0.15) is 0 Å². The van der Waals surface area contributed by atoms with Crippen LogP contribution in [-0.2, 0) is 9.16 Å². The number of hydrogen-bond acceptors (Lipinski definition) is 4. The van der Waals surface area contributed by atoms with Crippen LogP contribution in [0.25, 0.3) is 0 Å². The van der Waals surface area contributed by atoms with Gasteiger partial charge in [-0.3, -0.25) is 0 Å². The van der Waals surface area contributed by atoms with E-state index in [2.05, 4.69) is 73.1 Å². The fourth-order valence-electron chi connectivity index (χ4n) is 4.60. The highest BCUT2D eigenvalue weighted by molar-refractivity contribution is 6.76. The monoisotopic (exact) mass is 588 g/mol. The molecule has 7 nitrogen and oxygen atoms in total. The Bertz CT molecular complexity index is 751. The zero-order valence-corrected chi connectivity index (χ0v) is 29.8. The Kier molecular flexibility index (Phi) is 13.1. The van der Waals surface area contributed by atoms with Gasteiger partial charge < -0.3 is 24.1 Å². The van der Waals surface area contributed by atoms with Crippen LogP contribution in [0.15, 0.2) is 0 Å². The summed E-state index contributed by atoms with van der Waals surface area (Å²) in [5.41, 5.74) is 0. The fraction of sp³-hybridized carbons (Fsp3) is 0.929. The first-order chi connectivity index (χ1) is 17.1. The molecule has 1 saturated carbocycles. The van der Waals surface area contributed by atoms with E-state index in [1.54, 1.807) is 16.8 Å². The van der Waals surface area contributed by atoms with Crippen LogP contribution in [0.1, 0.15) is 52.9 Å². The smallest absolute Gasteiger partial charge is 0.409 e. The van der Waals surface area contributed by atoms with Gasteiger partial charge in [-0.1, -0.05) is 60.1 Å².